The average molecular weight is 513 g/mol. The number of benzene rings is 1. The smallest absolute Gasteiger partial charge is 0.253 e. The minimum Gasteiger partial charge on any atom is -0.452 e. The van der Waals surface area contributed by atoms with E-state index >= 15 is 0 Å². The molecule has 2 aliphatic rings. The van der Waals surface area contributed by atoms with Gasteiger partial charge in [-0.3, -0.25) is 9.19 Å². The molecule has 2 aliphatic heterocycles. The summed E-state index contributed by atoms with van der Waals surface area (Å²) >= 11 is 3.60. The first-order valence-corrected chi connectivity index (χ1v) is 12.0. The molecular weight excluding hydrogens is 494 g/mol. The van der Waals surface area contributed by atoms with Crippen LogP contribution >= 0.6 is 15.9 Å². The van der Waals surface area contributed by atoms with E-state index in [1.807, 2.05) is 6.92 Å². The molecule has 1 unspecified atom stereocenters. The maximum absolute atomic E-state index is 14.4. The van der Waals surface area contributed by atoms with Gasteiger partial charge in [-0.1, -0.05) is 0 Å². The molecule has 2 aromatic heterocycles. The topological polar surface area (TPSA) is 69.5 Å². The SMILES string of the molecule is Cc1c(CS(=O)c2nc3c(F)c(F)c4cc3n2OCO4)ncc(Br)c1N1CCCCC1. The van der Waals surface area contributed by atoms with Crippen LogP contribution in [-0.4, -0.2) is 38.8 Å². The van der Waals surface area contributed by atoms with E-state index in [0.29, 0.717) is 5.69 Å². The van der Waals surface area contributed by atoms with Crippen LogP contribution in [0.5, 0.6) is 5.75 Å². The van der Waals surface area contributed by atoms with Crippen molar-refractivity contribution < 1.29 is 22.6 Å². The van der Waals surface area contributed by atoms with Crippen LogP contribution in [0.2, 0.25) is 0 Å². The van der Waals surface area contributed by atoms with Gasteiger partial charge in [0.2, 0.25) is 11.0 Å². The highest BCUT2D eigenvalue weighted by Gasteiger charge is 2.28. The van der Waals surface area contributed by atoms with Gasteiger partial charge in [0.1, 0.15) is 11.0 Å². The lowest BCUT2D eigenvalue weighted by Gasteiger charge is -2.31. The number of hydrogen-bond donors (Lipinski definition) is 0. The van der Waals surface area contributed by atoms with Gasteiger partial charge >= 0.3 is 0 Å². The highest BCUT2D eigenvalue weighted by atomic mass is 79.9. The van der Waals surface area contributed by atoms with Gasteiger partial charge in [-0.2, -0.15) is 4.39 Å². The molecule has 11 heteroatoms. The van der Waals surface area contributed by atoms with E-state index in [9.17, 15) is 13.0 Å². The van der Waals surface area contributed by atoms with E-state index in [1.54, 1.807) is 6.20 Å². The van der Waals surface area contributed by atoms with Crippen LogP contribution in [0.3, 0.4) is 0 Å². The second-order valence-corrected chi connectivity index (χ2v) is 9.71. The van der Waals surface area contributed by atoms with E-state index in [4.69, 9.17) is 9.57 Å². The first-order valence-electron chi connectivity index (χ1n) is 9.89. The molecule has 7 nitrogen and oxygen atoms in total. The number of hydrogen-bond acceptors (Lipinski definition) is 6. The number of nitrogens with zero attached hydrogens (tertiary/aromatic N) is 4. The third-order valence-electron chi connectivity index (χ3n) is 5.62. The quantitative estimate of drug-likeness (QED) is 0.528. The summed E-state index contributed by atoms with van der Waals surface area (Å²) in [6, 6.07) is 1.30. The highest BCUT2D eigenvalue weighted by Crippen LogP contribution is 2.35. The van der Waals surface area contributed by atoms with E-state index in [-0.39, 0.29) is 34.5 Å². The maximum Gasteiger partial charge on any atom is 0.253 e. The number of imidazole rings is 1. The number of aromatic nitrogens is 3. The van der Waals surface area contributed by atoms with Gasteiger partial charge in [0.05, 0.1) is 32.4 Å². The summed E-state index contributed by atoms with van der Waals surface area (Å²) in [4.78, 5) is 16.3. The van der Waals surface area contributed by atoms with E-state index < -0.39 is 22.4 Å². The van der Waals surface area contributed by atoms with E-state index in [1.165, 1.54) is 12.5 Å². The van der Waals surface area contributed by atoms with Crippen LogP contribution in [0.25, 0.3) is 11.0 Å². The zero-order valence-corrected chi connectivity index (χ0v) is 19.1. The van der Waals surface area contributed by atoms with Crippen LogP contribution in [0.15, 0.2) is 21.9 Å². The van der Waals surface area contributed by atoms with Crippen molar-refractivity contribution in [3.63, 3.8) is 0 Å². The van der Waals surface area contributed by atoms with E-state index in [0.717, 1.165) is 46.4 Å². The van der Waals surface area contributed by atoms with Crippen LogP contribution in [0.1, 0.15) is 30.5 Å². The molecule has 3 aromatic rings. The Kier molecular flexibility index (Phi) is 5.33. The van der Waals surface area contributed by atoms with Gasteiger partial charge in [0, 0.05) is 25.4 Å². The number of ether oxygens (including phenoxy) is 1. The second kappa shape index (κ2) is 8.01. The Hall–Kier alpha value is -2.27. The van der Waals surface area contributed by atoms with Gasteiger partial charge in [-0.25, -0.2) is 9.37 Å². The summed E-state index contributed by atoms with van der Waals surface area (Å²) in [5.41, 5.74) is 2.56. The molecule has 31 heavy (non-hydrogen) atoms. The number of rotatable bonds is 4. The van der Waals surface area contributed by atoms with Gasteiger partial charge < -0.3 is 14.5 Å². The molecule has 0 saturated carbocycles. The fraction of sp³-hybridized carbons (Fsp3) is 0.400. The highest BCUT2D eigenvalue weighted by molar-refractivity contribution is 9.10. The number of pyridine rings is 1. The molecule has 0 N–H and O–H groups in total. The molecule has 2 bridgehead atoms. The lowest BCUT2D eigenvalue weighted by molar-refractivity contribution is 0.000143. The van der Waals surface area contributed by atoms with Crippen molar-refractivity contribution in [2.45, 2.75) is 37.1 Å². The Morgan fingerprint density at radius 3 is 2.77 bits per heavy atom. The number of fused-ring (bicyclic) bond motifs is 1. The minimum absolute atomic E-state index is 0.0143. The van der Waals surface area contributed by atoms with Crippen LogP contribution in [0, 0.1) is 18.6 Å². The second-order valence-electron chi connectivity index (χ2n) is 7.51. The van der Waals surface area contributed by atoms with Gasteiger partial charge in [-0.05, 0) is 47.7 Å². The van der Waals surface area contributed by atoms with Crippen LogP contribution < -0.4 is 14.5 Å². The third kappa shape index (κ3) is 3.47. The predicted molar refractivity (Wildman–Crippen MR) is 115 cm³/mol. The van der Waals surface area contributed by atoms with Gasteiger partial charge in [-0.15, -0.1) is 4.73 Å². The molecule has 1 aromatic carbocycles. The molecule has 1 saturated heterocycles. The summed E-state index contributed by atoms with van der Waals surface area (Å²) in [6.45, 7) is 3.52. The summed E-state index contributed by atoms with van der Waals surface area (Å²) in [7, 11) is -1.72. The summed E-state index contributed by atoms with van der Waals surface area (Å²) in [6.07, 6.45) is 5.19. The Labute approximate surface area is 187 Å². The molecule has 0 aliphatic carbocycles. The van der Waals surface area contributed by atoms with Crippen molar-refractivity contribution in [2.75, 3.05) is 24.8 Å². The normalized spacial score (nSPS) is 16.8. The van der Waals surface area contributed by atoms with Gasteiger partial charge in [0.25, 0.3) is 6.79 Å². The maximum atomic E-state index is 14.4. The summed E-state index contributed by atoms with van der Waals surface area (Å²) in [5, 5.41) is -0.0143. The summed E-state index contributed by atoms with van der Waals surface area (Å²) in [5.74, 6) is -2.50. The fourth-order valence-electron chi connectivity index (χ4n) is 4.05. The zero-order chi connectivity index (χ0) is 21.7. The fourth-order valence-corrected chi connectivity index (χ4v) is 5.90. The molecule has 5 rings (SSSR count). The standard InChI is InChI=1S/C20H19BrF2N4O3S/c1-11-13(24-8-12(21)19(11)26-5-3-2-4-6-26)9-31(28)20-25-18-14-7-15(16(22)17(18)23)29-10-30-27(14)20/h7-8H,2-6,9-10H2,1H3. The molecule has 1 atom stereocenters. The average Bonchev–Trinajstić information content (AvgIpc) is 3.01. The largest absolute Gasteiger partial charge is 0.452 e. The van der Waals surface area contributed by atoms with Crippen molar-refractivity contribution in [1.29, 1.82) is 0 Å². The lowest BCUT2D eigenvalue weighted by atomic mass is 10.1. The van der Waals surface area contributed by atoms with Crippen molar-refractivity contribution in [2.24, 2.45) is 0 Å². The zero-order valence-electron chi connectivity index (χ0n) is 16.7. The number of halogens is 3. The monoisotopic (exact) mass is 512 g/mol. The molecule has 164 valence electrons. The van der Waals surface area contributed by atoms with Crippen LogP contribution in [-0.2, 0) is 16.6 Å². The Morgan fingerprint density at radius 1 is 1.23 bits per heavy atom. The summed E-state index contributed by atoms with van der Waals surface area (Å²) < 4.78 is 48.9. The predicted octanol–water partition coefficient (Wildman–Crippen LogP) is 3.86. The molecule has 1 fully saturated rings. The lowest BCUT2D eigenvalue weighted by Crippen LogP contribution is -2.30. The van der Waals surface area contributed by atoms with Gasteiger partial charge in [0.15, 0.2) is 11.6 Å². The van der Waals surface area contributed by atoms with Crippen LogP contribution in [0.4, 0.5) is 14.5 Å². The molecule has 0 radical (unpaired) electrons. The number of piperidine rings is 1. The first kappa shape index (κ1) is 20.6. The van der Waals surface area contributed by atoms with Crippen molar-refractivity contribution in [3.05, 3.63) is 39.6 Å². The molecular formula is C20H19BrF2N4O3S. The Morgan fingerprint density at radius 2 is 2.00 bits per heavy atom. The first-order chi connectivity index (χ1) is 15.0. The Balaban J connectivity index is 1.51. The Bertz CT molecular complexity index is 1210. The molecule has 0 spiro atoms. The van der Waals surface area contributed by atoms with Crippen molar-refractivity contribution in [3.8, 4) is 5.75 Å². The third-order valence-corrected chi connectivity index (χ3v) is 7.40. The number of anilines is 1. The molecule has 4 heterocycles. The minimum atomic E-state index is -1.72. The van der Waals surface area contributed by atoms with Crippen molar-refractivity contribution >= 4 is 43.5 Å². The van der Waals surface area contributed by atoms with E-state index in [2.05, 4.69) is 30.8 Å². The van der Waals surface area contributed by atoms with Crippen molar-refractivity contribution in [1.82, 2.24) is 14.7 Å². The molecule has 0 amide bonds.